The molecule has 0 saturated heterocycles. The van der Waals surface area contributed by atoms with Crippen LogP contribution in [0.1, 0.15) is 30.7 Å². The first-order valence-corrected chi connectivity index (χ1v) is 9.87. The Labute approximate surface area is 184 Å². The van der Waals surface area contributed by atoms with Crippen molar-refractivity contribution in [1.29, 1.82) is 0 Å². The number of halogens is 1. The monoisotopic (exact) mass is 443 g/mol. The molecule has 1 N–H and O–H groups in total. The Balaban J connectivity index is 1.90. The Morgan fingerprint density at radius 2 is 1.94 bits per heavy atom. The van der Waals surface area contributed by atoms with Crippen LogP contribution in [0.5, 0.6) is 0 Å². The lowest BCUT2D eigenvalue weighted by Crippen LogP contribution is -2.35. The SMILES string of the molecule is COC(=O)C(C)(C)OCc1cc(-c2cc([N+](=O)[O-])ccc2Cc2ccccc2Cl)n[nH]1. The maximum absolute atomic E-state index is 11.8. The summed E-state index contributed by atoms with van der Waals surface area (Å²) in [5.41, 5.74) is 2.34. The first-order chi connectivity index (χ1) is 14.7. The number of carbonyl (C=O) groups excluding carboxylic acids is 1. The number of nitrogens with one attached hydrogen (secondary N) is 1. The predicted octanol–water partition coefficient (Wildman–Crippen LogP) is 4.70. The molecule has 2 aromatic carbocycles. The van der Waals surface area contributed by atoms with E-state index in [1.165, 1.54) is 19.2 Å². The zero-order chi connectivity index (χ0) is 22.6. The van der Waals surface area contributed by atoms with Gasteiger partial charge in [-0.25, -0.2) is 4.79 Å². The number of rotatable bonds is 8. The number of nitro groups is 1. The molecule has 162 valence electrons. The standard InChI is InChI=1S/C22H22ClN3O5/c1-22(2,21(27)30-3)31-13-16-11-20(25-24-16)18-12-17(26(28)29)9-8-14(18)10-15-6-4-5-7-19(15)23/h4-9,11-12H,10,13H2,1-3H3,(H,24,25). The van der Waals surface area contributed by atoms with E-state index in [-0.39, 0.29) is 12.3 Å². The van der Waals surface area contributed by atoms with Crippen LogP contribution in [0.4, 0.5) is 5.69 Å². The smallest absolute Gasteiger partial charge is 0.337 e. The fraction of sp³-hybridized carbons (Fsp3) is 0.273. The van der Waals surface area contributed by atoms with Crippen LogP contribution in [0.3, 0.4) is 0 Å². The maximum atomic E-state index is 11.8. The van der Waals surface area contributed by atoms with Crippen molar-refractivity contribution in [2.75, 3.05) is 7.11 Å². The second-order valence-corrected chi connectivity index (χ2v) is 7.84. The Bertz CT molecular complexity index is 1110. The number of nitrogens with zero attached hydrogens (tertiary/aromatic N) is 2. The Morgan fingerprint density at radius 3 is 2.61 bits per heavy atom. The molecule has 0 aliphatic carbocycles. The number of carbonyl (C=O) groups is 1. The van der Waals surface area contributed by atoms with Crippen LogP contribution >= 0.6 is 11.6 Å². The Kier molecular flexibility index (Phi) is 6.72. The van der Waals surface area contributed by atoms with Gasteiger partial charge in [-0.15, -0.1) is 0 Å². The van der Waals surface area contributed by atoms with Crippen LogP contribution in [0.2, 0.25) is 5.02 Å². The van der Waals surface area contributed by atoms with Crippen LogP contribution in [0, 0.1) is 10.1 Å². The van der Waals surface area contributed by atoms with Crippen LogP contribution in [-0.2, 0) is 27.3 Å². The number of methoxy groups -OCH3 is 1. The molecule has 1 aromatic heterocycles. The fourth-order valence-corrected chi connectivity index (χ4v) is 3.26. The number of ether oxygens (including phenoxy) is 2. The number of aromatic nitrogens is 2. The lowest BCUT2D eigenvalue weighted by atomic mass is 9.97. The Morgan fingerprint density at radius 1 is 1.19 bits per heavy atom. The van der Waals surface area contributed by atoms with E-state index in [9.17, 15) is 14.9 Å². The number of esters is 1. The highest BCUT2D eigenvalue weighted by Crippen LogP contribution is 2.30. The number of hydrogen-bond donors (Lipinski definition) is 1. The maximum Gasteiger partial charge on any atom is 0.337 e. The van der Waals surface area contributed by atoms with E-state index in [2.05, 4.69) is 10.2 Å². The topological polar surface area (TPSA) is 107 Å². The molecule has 3 aromatic rings. The van der Waals surface area contributed by atoms with Gasteiger partial charge in [0, 0.05) is 22.7 Å². The van der Waals surface area contributed by atoms with Crippen LogP contribution in [0.25, 0.3) is 11.3 Å². The highest BCUT2D eigenvalue weighted by Gasteiger charge is 2.30. The predicted molar refractivity (Wildman–Crippen MR) is 116 cm³/mol. The molecule has 0 fully saturated rings. The number of hydrogen-bond acceptors (Lipinski definition) is 6. The molecule has 0 aliphatic rings. The molecule has 0 unspecified atom stereocenters. The van der Waals surface area contributed by atoms with Gasteiger partial charge >= 0.3 is 5.97 Å². The number of nitro benzene ring substituents is 1. The van der Waals surface area contributed by atoms with Gasteiger partial charge in [-0.05, 0) is 43.5 Å². The molecule has 0 spiro atoms. The van der Waals surface area contributed by atoms with E-state index in [4.69, 9.17) is 21.1 Å². The molecule has 9 heteroatoms. The van der Waals surface area contributed by atoms with Gasteiger partial charge in [-0.3, -0.25) is 15.2 Å². The molecule has 0 amide bonds. The highest BCUT2D eigenvalue weighted by atomic mass is 35.5. The second-order valence-electron chi connectivity index (χ2n) is 7.44. The van der Waals surface area contributed by atoms with Crippen molar-refractivity contribution in [3.8, 4) is 11.3 Å². The van der Waals surface area contributed by atoms with Crippen molar-refractivity contribution in [3.63, 3.8) is 0 Å². The molecular weight excluding hydrogens is 422 g/mol. The quantitative estimate of drug-likeness (QED) is 0.307. The lowest BCUT2D eigenvalue weighted by molar-refractivity contribution is -0.384. The molecule has 0 radical (unpaired) electrons. The first-order valence-electron chi connectivity index (χ1n) is 9.49. The van der Waals surface area contributed by atoms with E-state index in [0.29, 0.717) is 28.4 Å². The van der Waals surface area contributed by atoms with Crippen molar-refractivity contribution in [2.24, 2.45) is 0 Å². The minimum atomic E-state index is -1.12. The zero-order valence-corrected chi connectivity index (χ0v) is 18.1. The van der Waals surface area contributed by atoms with Crippen molar-refractivity contribution in [3.05, 3.63) is 80.5 Å². The fourth-order valence-electron chi connectivity index (χ4n) is 3.05. The summed E-state index contributed by atoms with van der Waals surface area (Å²) in [6.07, 6.45) is 0.487. The number of benzene rings is 2. The molecule has 1 heterocycles. The van der Waals surface area contributed by atoms with E-state index < -0.39 is 16.5 Å². The number of H-pyrrole nitrogens is 1. The van der Waals surface area contributed by atoms with E-state index in [1.807, 2.05) is 18.2 Å². The molecule has 0 saturated carbocycles. The average Bonchev–Trinajstić information content (AvgIpc) is 3.22. The van der Waals surface area contributed by atoms with Gasteiger partial charge in [0.15, 0.2) is 5.60 Å². The molecule has 0 aliphatic heterocycles. The van der Waals surface area contributed by atoms with Crippen LogP contribution in [0.15, 0.2) is 48.5 Å². The van der Waals surface area contributed by atoms with Gasteiger partial charge in [-0.1, -0.05) is 35.9 Å². The molecule has 0 atom stereocenters. The zero-order valence-electron chi connectivity index (χ0n) is 17.3. The van der Waals surface area contributed by atoms with Gasteiger partial charge in [0.05, 0.1) is 30.0 Å². The van der Waals surface area contributed by atoms with E-state index in [0.717, 1.165) is 11.1 Å². The highest BCUT2D eigenvalue weighted by molar-refractivity contribution is 6.31. The van der Waals surface area contributed by atoms with Crippen molar-refractivity contribution in [1.82, 2.24) is 10.2 Å². The van der Waals surface area contributed by atoms with Gasteiger partial charge in [0.2, 0.25) is 0 Å². The van der Waals surface area contributed by atoms with Gasteiger partial charge in [-0.2, -0.15) is 5.10 Å². The summed E-state index contributed by atoms with van der Waals surface area (Å²) in [4.78, 5) is 22.6. The van der Waals surface area contributed by atoms with Crippen LogP contribution < -0.4 is 0 Å². The summed E-state index contributed by atoms with van der Waals surface area (Å²) in [5.74, 6) is -0.493. The van der Waals surface area contributed by atoms with Crippen molar-refractivity contribution >= 4 is 23.3 Å². The van der Waals surface area contributed by atoms with Gasteiger partial charge < -0.3 is 9.47 Å². The third-order valence-electron chi connectivity index (χ3n) is 4.82. The Hall–Kier alpha value is -3.23. The minimum absolute atomic E-state index is 0.0365. The first kappa shape index (κ1) is 22.5. The molecule has 8 nitrogen and oxygen atoms in total. The number of non-ortho nitro benzene ring substituents is 1. The second kappa shape index (κ2) is 9.28. The number of aromatic amines is 1. The van der Waals surface area contributed by atoms with Crippen LogP contribution in [-0.4, -0.2) is 33.8 Å². The molecule has 0 bridgehead atoms. The molecular formula is C22H22ClN3O5. The third kappa shape index (κ3) is 5.28. The normalized spacial score (nSPS) is 11.4. The van der Waals surface area contributed by atoms with Crippen molar-refractivity contribution in [2.45, 2.75) is 32.5 Å². The van der Waals surface area contributed by atoms with Crippen molar-refractivity contribution < 1.29 is 19.2 Å². The summed E-state index contributed by atoms with van der Waals surface area (Å²) < 4.78 is 10.4. The third-order valence-corrected chi connectivity index (χ3v) is 5.18. The summed E-state index contributed by atoms with van der Waals surface area (Å²) in [5, 5.41) is 19.1. The summed E-state index contributed by atoms with van der Waals surface area (Å²) in [7, 11) is 1.30. The average molecular weight is 444 g/mol. The van der Waals surface area contributed by atoms with E-state index >= 15 is 0 Å². The molecule has 3 rings (SSSR count). The summed E-state index contributed by atoms with van der Waals surface area (Å²) >= 11 is 6.30. The minimum Gasteiger partial charge on any atom is -0.467 e. The lowest BCUT2D eigenvalue weighted by Gasteiger charge is -2.21. The van der Waals surface area contributed by atoms with E-state index in [1.54, 1.807) is 32.0 Å². The largest absolute Gasteiger partial charge is 0.467 e. The summed E-state index contributed by atoms with van der Waals surface area (Å²) in [6, 6.07) is 13.8. The summed E-state index contributed by atoms with van der Waals surface area (Å²) in [6.45, 7) is 3.31. The molecule has 31 heavy (non-hydrogen) atoms. The van der Waals surface area contributed by atoms with Gasteiger partial charge in [0.25, 0.3) is 5.69 Å². The van der Waals surface area contributed by atoms with Gasteiger partial charge in [0.1, 0.15) is 0 Å².